The van der Waals surface area contributed by atoms with Gasteiger partial charge in [-0.15, -0.1) is 11.8 Å². The van der Waals surface area contributed by atoms with Crippen LogP contribution in [0.4, 0.5) is 5.82 Å². The smallest absolute Gasteiger partial charge is 0.250 e. The van der Waals surface area contributed by atoms with E-state index in [0.29, 0.717) is 21.2 Å². The van der Waals surface area contributed by atoms with Crippen LogP contribution in [0.5, 0.6) is 0 Å². The molecule has 2 rings (SSSR count). The molecular weight excluding hydrogens is 282 g/mol. The lowest BCUT2D eigenvalue weighted by Crippen LogP contribution is -2.13. The van der Waals surface area contributed by atoms with E-state index in [4.69, 9.17) is 23.1 Å². The van der Waals surface area contributed by atoms with E-state index in [0.717, 1.165) is 5.56 Å². The Morgan fingerprint density at radius 1 is 1.37 bits per heavy atom. The van der Waals surface area contributed by atoms with E-state index >= 15 is 0 Å². The number of primary amides is 1. The van der Waals surface area contributed by atoms with Gasteiger partial charge in [-0.3, -0.25) is 4.79 Å². The second-order valence-electron chi connectivity index (χ2n) is 3.85. The van der Waals surface area contributed by atoms with Crippen LogP contribution in [0.2, 0.25) is 5.02 Å². The van der Waals surface area contributed by atoms with Gasteiger partial charge in [-0.1, -0.05) is 29.8 Å². The standard InChI is InChI=1S/C13H12ClN3OS/c14-10-4-2-1-3-8(10)7-19-11-6-17-12(15)5-9(11)13(16)18/h1-6H,7H2,(H2,15,17)(H2,16,18). The molecule has 0 unspecified atom stereocenters. The van der Waals surface area contributed by atoms with Gasteiger partial charge >= 0.3 is 0 Å². The summed E-state index contributed by atoms with van der Waals surface area (Å²) in [6, 6.07) is 9.03. The second kappa shape index (κ2) is 5.95. The van der Waals surface area contributed by atoms with Gasteiger partial charge in [0.2, 0.25) is 5.91 Å². The van der Waals surface area contributed by atoms with Gasteiger partial charge in [0.25, 0.3) is 0 Å². The number of halogens is 1. The molecule has 0 saturated heterocycles. The Bertz CT molecular complexity index is 619. The lowest BCUT2D eigenvalue weighted by atomic mass is 10.2. The van der Waals surface area contributed by atoms with Gasteiger partial charge in [-0.2, -0.15) is 0 Å². The number of anilines is 1. The molecule has 2 aromatic rings. The van der Waals surface area contributed by atoms with E-state index in [1.165, 1.54) is 17.8 Å². The summed E-state index contributed by atoms with van der Waals surface area (Å²) in [6.07, 6.45) is 1.55. The number of nitrogens with two attached hydrogens (primary N) is 2. The number of nitrogens with zero attached hydrogens (tertiary/aromatic N) is 1. The summed E-state index contributed by atoms with van der Waals surface area (Å²) < 4.78 is 0. The number of amides is 1. The first kappa shape index (κ1) is 13.7. The quantitative estimate of drug-likeness (QED) is 0.849. The first-order chi connectivity index (χ1) is 9.08. The number of aromatic nitrogens is 1. The average molecular weight is 294 g/mol. The van der Waals surface area contributed by atoms with Crippen LogP contribution in [0.15, 0.2) is 41.4 Å². The molecule has 0 fully saturated rings. The number of nitrogen functional groups attached to an aromatic ring is 1. The highest BCUT2D eigenvalue weighted by molar-refractivity contribution is 7.98. The Balaban J connectivity index is 2.20. The van der Waals surface area contributed by atoms with Crippen LogP contribution in [0.25, 0.3) is 0 Å². The molecule has 0 aliphatic carbocycles. The summed E-state index contributed by atoms with van der Waals surface area (Å²) in [7, 11) is 0. The summed E-state index contributed by atoms with van der Waals surface area (Å²) in [5, 5.41) is 0.694. The van der Waals surface area contributed by atoms with Crippen molar-refractivity contribution in [3.8, 4) is 0 Å². The first-order valence-corrected chi connectivity index (χ1v) is 6.86. The Labute approximate surface area is 120 Å². The van der Waals surface area contributed by atoms with Crippen molar-refractivity contribution in [3.05, 3.63) is 52.7 Å². The minimum atomic E-state index is -0.518. The van der Waals surface area contributed by atoms with Gasteiger partial charge in [0.05, 0.1) is 5.56 Å². The van der Waals surface area contributed by atoms with Crippen LogP contribution in [0.1, 0.15) is 15.9 Å². The van der Waals surface area contributed by atoms with Crippen molar-refractivity contribution in [1.82, 2.24) is 4.98 Å². The predicted molar refractivity (Wildman–Crippen MR) is 78.2 cm³/mol. The number of carbonyl (C=O) groups is 1. The van der Waals surface area contributed by atoms with Crippen LogP contribution in [-0.4, -0.2) is 10.9 Å². The summed E-state index contributed by atoms with van der Waals surface area (Å²) in [6.45, 7) is 0. The molecule has 4 nitrogen and oxygen atoms in total. The van der Waals surface area contributed by atoms with E-state index in [2.05, 4.69) is 4.98 Å². The number of rotatable bonds is 4. The number of hydrogen-bond donors (Lipinski definition) is 2. The molecule has 1 amide bonds. The van der Waals surface area contributed by atoms with Gasteiger partial charge in [0.15, 0.2) is 0 Å². The number of hydrogen-bond acceptors (Lipinski definition) is 4. The minimum absolute atomic E-state index is 0.274. The second-order valence-corrected chi connectivity index (χ2v) is 5.27. The molecular formula is C13H12ClN3OS. The fraction of sp³-hybridized carbons (Fsp3) is 0.0769. The SMILES string of the molecule is NC(=O)c1cc(N)ncc1SCc1ccccc1Cl. The molecule has 0 saturated carbocycles. The van der Waals surface area contributed by atoms with Gasteiger partial charge < -0.3 is 11.5 Å². The summed E-state index contributed by atoms with van der Waals surface area (Å²) in [4.78, 5) is 16.0. The molecule has 1 heterocycles. The largest absolute Gasteiger partial charge is 0.384 e. The maximum absolute atomic E-state index is 11.4. The molecule has 6 heteroatoms. The van der Waals surface area contributed by atoms with Gasteiger partial charge in [0, 0.05) is 21.9 Å². The predicted octanol–water partition coefficient (Wildman–Crippen LogP) is 2.71. The van der Waals surface area contributed by atoms with Crippen molar-refractivity contribution >= 4 is 35.1 Å². The first-order valence-electron chi connectivity index (χ1n) is 5.49. The number of thioether (sulfide) groups is 1. The molecule has 0 bridgehead atoms. The average Bonchev–Trinajstić information content (AvgIpc) is 2.38. The normalized spacial score (nSPS) is 10.4. The number of pyridine rings is 1. The zero-order valence-electron chi connectivity index (χ0n) is 9.97. The third-order valence-electron chi connectivity index (χ3n) is 2.50. The Morgan fingerprint density at radius 2 is 2.11 bits per heavy atom. The highest BCUT2D eigenvalue weighted by Gasteiger charge is 2.11. The molecule has 4 N–H and O–H groups in total. The maximum atomic E-state index is 11.4. The van der Waals surface area contributed by atoms with Crippen LogP contribution < -0.4 is 11.5 Å². The summed E-state index contributed by atoms with van der Waals surface area (Å²) in [5.41, 5.74) is 12.2. The van der Waals surface area contributed by atoms with E-state index < -0.39 is 5.91 Å². The van der Waals surface area contributed by atoms with Crippen LogP contribution in [0, 0.1) is 0 Å². The highest BCUT2D eigenvalue weighted by atomic mass is 35.5. The van der Waals surface area contributed by atoms with Crippen LogP contribution in [0.3, 0.4) is 0 Å². The molecule has 0 aliphatic heterocycles. The van der Waals surface area contributed by atoms with Gasteiger partial charge in [-0.25, -0.2) is 4.98 Å². The fourth-order valence-corrected chi connectivity index (χ4v) is 2.82. The van der Waals surface area contributed by atoms with Crippen molar-refractivity contribution in [1.29, 1.82) is 0 Å². The van der Waals surface area contributed by atoms with Crippen LogP contribution in [-0.2, 0) is 5.75 Å². The maximum Gasteiger partial charge on any atom is 0.250 e. The van der Waals surface area contributed by atoms with Crippen molar-refractivity contribution in [2.45, 2.75) is 10.6 Å². The third-order valence-corrected chi connectivity index (χ3v) is 3.96. The lowest BCUT2D eigenvalue weighted by Gasteiger charge is -2.07. The molecule has 0 aliphatic rings. The zero-order valence-corrected chi connectivity index (χ0v) is 11.5. The fourth-order valence-electron chi connectivity index (χ4n) is 1.54. The molecule has 98 valence electrons. The molecule has 19 heavy (non-hydrogen) atoms. The number of carbonyl (C=O) groups excluding carboxylic acids is 1. The highest BCUT2D eigenvalue weighted by Crippen LogP contribution is 2.29. The third kappa shape index (κ3) is 3.39. The van der Waals surface area contributed by atoms with E-state index in [1.807, 2.05) is 24.3 Å². The van der Waals surface area contributed by atoms with Crippen molar-refractivity contribution in [3.63, 3.8) is 0 Å². The van der Waals surface area contributed by atoms with E-state index in [9.17, 15) is 4.79 Å². The molecule has 1 aromatic carbocycles. The molecule has 0 radical (unpaired) electrons. The Hall–Kier alpha value is -1.72. The van der Waals surface area contributed by atoms with Crippen molar-refractivity contribution in [2.24, 2.45) is 5.73 Å². The van der Waals surface area contributed by atoms with Gasteiger partial charge in [-0.05, 0) is 17.7 Å². The lowest BCUT2D eigenvalue weighted by molar-refractivity contribution is 0.0997. The monoisotopic (exact) mass is 293 g/mol. The zero-order chi connectivity index (χ0) is 13.8. The van der Waals surface area contributed by atoms with Crippen molar-refractivity contribution in [2.75, 3.05) is 5.73 Å². The Kier molecular flexibility index (Phi) is 4.29. The Morgan fingerprint density at radius 3 is 2.79 bits per heavy atom. The summed E-state index contributed by atoms with van der Waals surface area (Å²) in [5.74, 6) is 0.387. The van der Waals surface area contributed by atoms with Crippen molar-refractivity contribution < 1.29 is 4.79 Å². The molecule has 0 spiro atoms. The van der Waals surface area contributed by atoms with Crippen LogP contribution >= 0.6 is 23.4 Å². The minimum Gasteiger partial charge on any atom is -0.384 e. The number of benzene rings is 1. The van der Waals surface area contributed by atoms with Gasteiger partial charge in [0.1, 0.15) is 5.82 Å². The molecule has 1 aromatic heterocycles. The molecule has 0 atom stereocenters. The van der Waals surface area contributed by atoms with E-state index in [-0.39, 0.29) is 5.82 Å². The topological polar surface area (TPSA) is 82.0 Å². The van der Waals surface area contributed by atoms with E-state index in [1.54, 1.807) is 6.20 Å². The summed E-state index contributed by atoms with van der Waals surface area (Å²) >= 11 is 7.53.